The molecule has 0 aliphatic rings. The summed E-state index contributed by atoms with van der Waals surface area (Å²) in [5, 5.41) is 19.7. The van der Waals surface area contributed by atoms with Crippen molar-refractivity contribution in [3.63, 3.8) is 0 Å². The van der Waals surface area contributed by atoms with Crippen LogP contribution in [0.25, 0.3) is 22.5 Å². The molecule has 4 rings (SSSR count). The van der Waals surface area contributed by atoms with Crippen molar-refractivity contribution in [1.82, 2.24) is 20.5 Å². The highest BCUT2D eigenvalue weighted by Crippen LogP contribution is 2.29. The first-order valence-electron chi connectivity index (χ1n) is 10.3. The number of rotatable bonds is 7. The molecule has 2 aromatic carbocycles. The molecule has 6 nitrogen and oxygen atoms in total. The number of amides is 1. The molecule has 1 amide bonds. The third kappa shape index (κ3) is 4.73. The van der Waals surface area contributed by atoms with Crippen LogP contribution in [0.4, 0.5) is 4.39 Å². The lowest BCUT2D eigenvalue weighted by atomic mass is 10.0. The maximum absolute atomic E-state index is 14.8. The van der Waals surface area contributed by atoms with E-state index in [1.807, 2.05) is 43.3 Å². The van der Waals surface area contributed by atoms with Crippen molar-refractivity contribution in [3.8, 4) is 22.5 Å². The number of benzene rings is 2. The molecule has 2 heterocycles. The first-order chi connectivity index (χ1) is 15.5. The molecule has 162 valence electrons. The summed E-state index contributed by atoms with van der Waals surface area (Å²) in [6.07, 6.45) is 2.01. The lowest BCUT2D eigenvalue weighted by molar-refractivity contribution is 0.0916. The predicted molar refractivity (Wildman–Crippen MR) is 120 cm³/mol. The highest BCUT2D eigenvalue weighted by Gasteiger charge is 2.21. The minimum absolute atomic E-state index is 0.130. The van der Waals surface area contributed by atoms with Gasteiger partial charge in [-0.15, -0.1) is 0 Å². The fourth-order valence-electron chi connectivity index (χ4n) is 3.50. The minimum atomic E-state index is -0.557. The molecule has 32 heavy (non-hydrogen) atoms. The van der Waals surface area contributed by atoms with Crippen LogP contribution < -0.4 is 5.32 Å². The minimum Gasteiger partial charge on any atom is -0.394 e. The number of nitrogens with one attached hydrogen (secondary N) is 2. The standard InChI is InChI=1S/C25H23FN4O2/c1-16-8-10-17(11-9-16)22-14-23(30-29-22)24-20(6-4-7-21(24)26)25(32)28-19(15-31)13-18-5-2-3-12-27-18/h2-12,14,19,31H,13,15H2,1H3,(H,28,32)(H,29,30)/t19-/m1/s1. The van der Waals surface area contributed by atoms with Gasteiger partial charge in [0.1, 0.15) is 5.82 Å². The molecule has 0 fully saturated rings. The summed E-state index contributed by atoms with van der Waals surface area (Å²) in [7, 11) is 0. The zero-order valence-electron chi connectivity index (χ0n) is 17.5. The van der Waals surface area contributed by atoms with Gasteiger partial charge in [0.2, 0.25) is 0 Å². The first kappa shape index (κ1) is 21.4. The number of aliphatic hydroxyl groups is 1. The topological polar surface area (TPSA) is 90.9 Å². The van der Waals surface area contributed by atoms with E-state index in [0.717, 1.165) is 16.8 Å². The molecule has 2 aromatic heterocycles. The van der Waals surface area contributed by atoms with Gasteiger partial charge in [-0.2, -0.15) is 5.10 Å². The largest absolute Gasteiger partial charge is 0.394 e. The van der Waals surface area contributed by atoms with Crippen molar-refractivity contribution in [2.75, 3.05) is 6.61 Å². The number of nitrogens with zero attached hydrogens (tertiary/aromatic N) is 2. The van der Waals surface area contributed by atoms with E-state index < -0.39 is 17.8 Å². The molecular weight excluding hydrogens is 407 g/mol. The van der Waals surface area contributed by atoms with Crippen LogP contribution in [-0.4, -0.2) is 38.8 Å². The summed E-state index contributed by atoms with van der Waals surface area (Å²) in [4.78, 5) is 17.2. The van der Waals surface area contributed by atoms with E-state index >= 15 is 0 Å². The summed E-state index contributed by atoms with van der Waals surface area (Å²) in [5.74, 6) is -1.03. The SMILES string of the molecule is Cc1ccc(-c2cc(-c3c(F)cccc3C(=O)N[C@@H](CO)Cc3ccccn3)[nH]n2)cc1. The van der Waals surface area contributed by atoms with Gasteiger partial charge >= 0.3 is 0 Å². The number of aromatic nitrogens is 3. The third-order valence-corrected chi connectivity index (χ3v) is 5.19. The number of aryl methyl sites for hydroxylation is 1. The maximum atomic E-state index is 14.8. The van der Waals surface area contributed by atoms with Crippen molar-refractivity contribution < 1.29 is 14.3 Å². The van der Waals surface area contributed by atoms with E-state index in [9.17, 15) is 14.3 Å². The molecule has 0 saturated carbocycles. The number of hydrogen-bond acceptors (Lipinski definition) is 4. The maximum Gasteiger partial charge on any atom is 0.252 e. The van der Waals surface area contributed by atoms with Gasteiger partial charge in [0.05, 0.1) is 29.6 Å². The number of halogens is 1. The monoisotopic (exact) mass is 430 g/mol. The number of H-pyrrole nitrogens is 1. The molecule has 0 bridgehead atoms. The summed E-state index contributed by atoms with van der Waals surface area (Å²) in [6, 6.07) is 18.8. The number of carbonyl (C=O) groups is 1. The van der Waals surface area contributed by atoms with Gasteiger partial charge in [-0.25, -0.2) is 4.39 Å². The highest BCUT2D eigenvalue weighted by atomic mass is 19.1. The lowest BCUT2D eigenvalue weighted by Gasteiger charge is -2.17. The van der Waals surface area contributed by atoms with Gasteiger partial charge in [0.25, 0.3) is 5.91 Å². The summed E-state index contributed by atoms with van der Waals surface area (Å²) in [6.45, 7) is 1.73. The Morgan fingerprint density at radius 2 is 1.94 bits per heavy atom. The van der Waals surface area contributed by atoms with Crippen LogP contribution in [0.1, 0.15) is 21.6 Å². The Hall–Kier alpha value is -3.84. The number of aromatic amines is 1. The lowest BCUT2D eigenvalue weighted by Crippen LogP contribution is -2.39. The van der Waals surface area contributed by atoms with Crippen molar-refractivity contribution in [3.05, 3.63) is 95.6 Å². The van der Waals surface area contributed by atoms with Gasteiger partial charge in [-0.05, 0) is 37.3 Å². The molecule has 0 spiro atoms. The molecule has 0 unspecified atom stereocenters. The van der Waals surface area contributed by atoms with Crippen LogP contribution in [0.5, 0.6) is 0 Å². The average Bonchev–Trinajstić information content (AvgIpc) is 3.29. The molecular formula is C25H23FN4O2. The van der Waals surface area contributed by atoms with Crippen molar-refractivity contribution in [1.29, 1.82) is 0 Å². The second-order valence-electron chi connectivity index (χ2n) is 7.57. The number of hydrogen-bond donors (Lipinski definition) is 3. The fourth-order valence-corrected chi connectivity index (χ4v) is 3.50. The molecule has 0 aliphatic heterocycles. The van der Waals surface area contributed by atoms with Crippen LogP contribution in [0.2, 0.25) is 0 Å². The van der Waals surface area contributed by atoms with E-state index in [1.165, 1.54) is 12.1 Å². The Morgan fingerprint density at radius 1 is 1.12 bits per heavy atom. The third-order valence-electron chi connectivity index (χ3n) is 5.19. The normalized spacial score (nSPS) is 11.8. The van der Waals surface area contributed by atoms with Crippen molar-refractivity contribution in [2.24, 2.45) is 0 Å². The molecule has 1 atom stereocenters. The van der Waals surface area contributed by atoms with E-state index in [2.05, 4.69) is 20.5 Å². The Morgan fingerprint density at radius 3 is 2.66 bits per heavy atom. The Labute approximate surface area is 185 Å². The number of aliphatic hydroxyl groups excluding tert-OH is 1. The van der Waals surface area contributed by atoms with Crippen LogP contribution in [-0.2, 0) is 6.42 Å². The first-order valence-corrected chi connectivity index (χ1v) is 10.3. The molecule has 7 heteroatoms. The van der Waals surface area contributed by atoms with Crippen molar-refractivity contribution in [2.45, 2.75) is 19.4 Å². The smallest absolute Gasteiger partial charge is 0.252 e. The van der Waals surface area contributed by atoms with Crippen LogP contribution in [0, 0.1) is 12.7 Å². The molecule has 3 N–H and O–H groups in total. The zero-order valence-corrected chi connectivity index (χ0v) is 17.5. The van der Waals surface area contributed by atoms with Crippen molar-refractivity contribution >= 4 is 5.91 Å². The van der Waals surface area contributed by atoms with E-state index in [-0.39, 0.29) is 17.7 Å². The summed E-state index contributed by atoms with van der Waals surface area (Å²) in [5.41, 5.74) is 4.08. The van der Waals surface area contributed by atoms with Gasteiger partial charge in [0.15, 0.2) is 0 Å². The van der Waals surface area contributed by atoms with Crippen LogP contribution in [0.15, 0.2) is 72.9 Å². The molecule has 0 radical (unpaired) electrons. The van der Waals surface area contributed by atoms with Crippen LogP contribution >= 0.6 is 0 Å². The second kappa shape index (κ2) is 9.53. The number of carbonyl (C=O) groups excluding carboxylic acids is 1. The molecule has 4 aromatic rings. The van der Waals surface area contributed by atoms with Gasteiger partial charge in [0, 0.05) is 29.4 Å². The average molecular weight is 430 g/mol. The van der Waals surface area contributed by atoms with Gasteiger partial charge < -0.3 is 10.4 Å². The Kier molecular flexibility index (Phi) is 6.37. The highest BCUT2D eigenvalue weighted by molar-refractivity contribution is 6.01. The Bertz CT molecular complexity index is 1210. The van der Waals surface area contributed by atoms with E-state index in [0.29, 0.717) is 17.8 Å². The predicted octanol–water partition coefficient (Wildman–Crippen LogP) is 3.92. The van der Waals surface area contributed by atoms with Crippen LogP contribution in [0.3, 0.4) is 0 Å². The molecule has 0 aliphatic carbocycles. The fraction of sp³-hybridized carbons (Fsp3) is 0.160. The zero-order chi connectivity index (χ0) is 22.5. The quantitative estimate of drug-likeness (QED) is 0.415. The summed E-state index contributed by atoms with van der Waals surface area (Å²) >= 11 is 0. The molecule has 0 saturated heterocycles. The van der Waals surface area contributed by atoms with Gasteiger partial charge in [-0.1, -0.05) is 42.0 Å². The van der Waals surface area contributed by atoms with E-state index in [4.69, 9.17) is 0 Å². The number of pyridine rings is 1. The van der Waals surface area contributed by atoms with Gasteiger partial charge in [-0.3, -0.25) is 14.9 Å². The van der Waals surface area contributed by atoms with E-state index in [1.54, 1.807) is 24.4 Å². The second-order valence-corrected chi connectivity index (χ2v) is 7.57. The Balaban J connectivity index is 1.60. The summed E-state index contributed by atoms with van der Waals surface area (Å²) < 4.78 is 14.8.